The molecule has 0 saturated heterocycles. The minimum absolute atomic E-state index is 0.194. The zero-order valence-corrected chi connectivity index (χ0v) is 19.4. The van der Waals surface area contributed by atoms with Gasteiger partial charge in [-0.15, -0.1) is 21.5 Å². The standard InChI is InChI=1S/C23H25ClN4OS/c1-12(2)10-18(29)11-19-22-27-26-15(5)28(22)23-20(13(3)14(4)30-23)21(25-19)16-6-8-17(24)9-7-16/h6-9,12,19H,10-11H2,1-5H3/t19-/m0/s1. The van der Waals surface area contributed by atoms with E-state index in [0.717, 1.165) is 33.5 Å². The van der Waals surface area contributed by atoms with Gasteiger partial charge in [0, 0.05) is 33.9 Å². The number of hydrogen-bond acceptors (Lipinski definition) is 5. The molecule has 1 aliphatic rings. The van der Waals surface area contributed by atoms with E-state index in [1.165, 1.54) is 10.4 Å². The molecular weight excluding hydrogens is 416 g/mol. The molecule has 0 N–H and O–H groups in total. The van der Waals surface area contributed by atoms with Gasteiger partial charge in [-0.1, -0.05) is 37.6 Å². The molecule has 1 aliphatic heterocycles. The Hall–Kier alpha value is -2.31. The van der Waals surface area contributed by atoms with Crippen LogP contribution < -0.4 is 0 Å². The Morgan fingerprint density at radius 2 is 1.87 bits per heavy atom. The van der Waals surface area contributed by atoms with Crippen molar-refractivity contribution < 1.29 is 4.79 Å². The molecule has 2 aromatic heterocycles. The predicted molar refractivity (Wildman–Crippen MR) is 122 cm³/mol. The van der Waals surface area contributed by atoms with E-state index in [2.05, 4.69) is 42.5 Å². The van der Waals surface area contributed by atoms with Gasteiger partial charge in [-0.25, -0.2) is 0 Å². The Kier molecular flexibility index (Phi) is 5.64. The van der Waals surface area contributed by atoms with E-state index >= 15 is 0 Å². The maximum atomic E-state index is 12.7. The highest BCUT2D eigenvalue weighted by atomic mass is 35.5. The van der Waals surface area contributed by atoms with Crippen LogP contribution in [0.3, 0.4) is 0 Å². The Morgan fingerprint density at radius 3 is 2.53 bits per heavy atom. The number of rotatable bonds is 5. The normalized spacial score (nSPS) is 15.6. The first-order chi connectivity index (χ1) is 14.3. The molecule has 0 fully saturated rings. The van der Waals surface area contributed by atoms with E-state index in [1.54, 1.807) is 11.3 Å². The first-order valence-corrected chi connectivity index (χ1v) is 11.3. The van der Waals surface area contributed by atoms with Gasteiger partial charge >= 0.3 is 0 Å². The lowest BCUT2D eigenvalue weighted by molar-refractivity contribution is -0.120. The molecule has 3 aromatic rings. The van der Waals surface area contributed by atoms with Crippen molar-refractivity contribution in [2.24, 2.45) is 10.9 Å². The maximum absolute atomic E-state index is 12.7. The number of Topliss-reactive ketones (excluding diaryl/α,β-unsaturated/α-hetero) is 1. The second kappa shape index (κ2) is 8.08. The van der Waals surface area contributed by atoms with E-state index in [4.69, 9.17) is 16.6 Å². The van der Waals surface area contributed by atoms with Gasteiger partial charge in [0.25, 0.3) is 0 Å². The van der Waals surface area contributed by atoms with E-state index in [9.17, 15) is 4.79 Å². The summed E-state index contributed by atoms with van der Waals surface area (Å²) in [6, 6.07) is 7.36. The highest BCUT2D eigenvalue weighted by Crippen LogP contribution is 2.39. The Morgan fingerprint density at radius 1 is 1.17 bits per heavy atom. The summed E-state index contributed by atoms with van der Waals surface area (Å²) in [5.74, 6) is 2.05. The maximum Gasteiger partial charge on any atom is 0.163 e. The summed E-state index contributed by atoms with van der Waals surface area (Å²) in [4.78, 5) is 19.1. The summed E-state index contributed by atoms with van der Waals surface area (Å²) < 4.78 is 2.08. The quantitative estimate of drug-likeness (QED) is 0.503. The van der Waals surface area contributed by atoms with Gasteiger partial charge in [-0.2, -0.15) is 0 Å². The number of aromatic nitrogens is 3. The molecule has 156 valence electrons. The number of aliphatic imine (C=N–C) groups is 1. The fraction of sp³-hybridized carbons (Fsp3) is 0.391. The van der Waals surface area contributed by atoms with Crippen molar-refractivity contribution in [2.75, 3.05) is 0 Å². The van der Waals surface area contributed by atoms with Gasteiger partial charge in [0.15, 0.2) is 5.82 Å². The smallest absolute Gasteiger partial charge is 0.163 e. The van der Waals surface area contributed by atoms with Crippen molar-refractivity contribution in [2.45, 2.75) is 53.5 Å². The summed E-state index contributed by atoms with van der Waals surface area (Å²) in [5.41, 5.74) is 4.15. The number of fused-ring (bicyclic) bond motifs is 3. The van der Waals surface area contributed by atoms with Crippen LogP contribution in [0.1, 0.15) is 65.9 Å². The number of carbonyl (C=O) groups excluding carboxylic acids is 1. The van der Waals surface area contributed by atoms with Gasteiger partial charge < -0.3 is 0 Å². The van der Waals surface area contributed by atoms with E-state index < -0.39 is 0 Å². The largest absolute Gasteiger partial charge is 0.300 e. The van der Waals surface area contributed by atoms with E-state index in [0.29, 0.717) is 23.8 Å². The van der Waals surface area contributed by atoms with Crippen LogP contribution in [0.25, 0.3) is 5.00 Å². The number of benzene rings is 1. The molecule has 0 unspecified atom stereocenters. The second-order valence-electron chi connectivity index (χ2n) is 8.25. The molecule has 0 amide bonds. The van der Waals surface area contributed by atoms with E-state index in [-0.39, 0.29) is 11.8 Å². The molecular formula is C23H25ClN4OS. The van der Waals surface area contributed by atoms with Crippen molar-refractivity contribution in [3.8, 4) is 5.00 Å². The predicted octanol–water partition coefficient (Wildman–Crippen LogP) is 5.80. The fourth-order valence-corrected chi connectivity index (χ4v) is 5.23. The highest BCUT2D eigenvalue weighted by Gasteiger charge is 2.32. The van der Waals surface area contributed by atoms with Gasteiger partial charge in [0.2, 0.25) is 0 Å². The average Bonchev–Trinajstić information content (AvgIpc) is 3.14. The lowest BCUT2D eigenvalue weighted by Crippen LogP contribution is -2.12. The Bertz CT molecular complexity index is 1140. The summed E-state index contributed by atoms with van der Waals surface area (Å²) >= 11 is 7.85. The third-order valence-corrected chi connectivity index (χ3v) is 6.86. The van der Waals surface area contributed by atoms with Gasteiger partial charge in [-0.3, -0.25) is 14.4 Å². The number of thiophene rings is 1. The summed E-state index contributed by atoms with van der Waals surface area (Å²) in [5, 5.41) is 10.5. The SMILES string of the molecule is Cc1sc2c(c1C)C(c1ccc(Cl)cc1)=N[C@@H](CC(=O)CC(C)C)c1nnc(C)n1-2. The van der Waals surface area contributed by atoms with Crippen molar-refractivity contribution in [1.82, 2.24) is 14.8 Å². The van der Waals surface area contributed by atoms with Crippen LogP contribution in [0.15, 0.2) is 29.3 Å². The van der Waals surface area contributed by atoms with Crippen LogP contribution in [0, 0.1) is 26.7 Å². The molecule has 4 rings (SSSR count). The number of aryl methyl sites for hydroxylation is 2. The molecule has 1 atom stereocenters. The number of nitrogens with zero attached hydrogens (tertiary/aromatic N) is 4. The number of ketones is 1. The second-order valence-corrected chi connectivity index (χ2v) is 9.89. The van der Waals surface area contributed by atoms with Gasteiger partial charge in [0.1, 0.15) is 22.7 Å². The molecule has 0 radical (unpaired) electrons. The summed E-state index contributed by atoms with van der Waals surface area (Å²) in [7, 11) is 0. The van der Waals surface area contributed by atoms with Crippen molar-refractivity contribution >= 4 is 34.4 Å². The van der Waals surface area contributed by atoms with Crippen molar-refractivity contribution in [3.63, 3.8) is 0 Å². The van der Waals surface area contributed by atoms with Crippen LogP contribution in [-0.2, 0) is 4.79 Å². The number of halogens is 1. The highest BCUT2D eigenvalue weighted by molar-refractivity contribution is 7.15. The molecule has 0 saturated carbocycles. The zero-order valence-electron chi connectivity index (χ0n) is 17.9. The topological polar surface area (TPSA) is 60.1 Å². The molecule has 0 spiro atoms. The van der Waals surface area contributed by atoms with Gasteiger partial charge in [0.05, 0.1) is 5.71 Å². The van der Waals surface area contributed by atoms with Crippen LogP contribution in [-0.4, -0.2) is 26.3 Å². The van der Waals surface area contributed by atoms with Crippen LogP contribution in [0.2, 0.25) is 5.02 Å². The molecule has 7 heteroatoms. The molecule has 3 heterocycles. The van der Waals surface area contributed by atoms with Gasteiger partial charge in [-0.05, 0) is 44.4 Å². The van der Waals surface area contributed by atoms with Crippen LogP contribution >= 0.6 is 22.9 Å². The molecule has 1 aromatic carbocycles. The number of carbonyl (C=O) groups is 1. The first kappa shape index (κ1) is 20.9. The number of hydrogen-bond donors (Lipinski definition) is 0. The molecule has 30 heavy (non-hydrogen) atoms. The zero-order chi connectivity index (χ0) is 21.6. The van der Waals surface area contributed by atoms with Crippen molar-refractivity contribution in [3.05, 3.63) is 62.5 Å². The van der Waals surface area contributed by atoms with Crippen LogP contribution in [0.5, 0.6) is 0 Å². The summed E-state index contributed by atoms with van der Waals surface area (Å²) in [6.45, 7) is 10.3. The molecule has 0 bridgehead atoms. The average molecular weight is 441 g/mol. The minimum Gasteiger partial charge on any atom is -0.300 e. The third kappa shape index (κ3) is 3.74. The van der Waals surface area contributed by atoms with Crippen molar-refractivity contribution in [1.29, 1.82) is 0 Å². The monoisotopic (exact) mass is 440 g/mol. The Balaban J connectivity index is 1.93. The fourth-order valence-electron chi connectivity index (χ4n) is 3.89. The van der Waals surface area contributed by atoms with E-state index in [1.807, 2.05) is 31.2 Å². The lowest BCUT2D eigenvalue weighted by atomic mass is 9.99. The minimum atomic E-state index is -0.373. The Labute approximate surface area is 185 Å². The third-order valence-electron chi connectivity index (χ3n) is 5.41. The first-order valence-electron chi connectivity index (χ1n) is 10.1. The molecule has 0 aliphatic carbocycles. The van der Waals surface area contributed by atoms with Crippen LogP contribution in [0.4, 0.5) is 0 Å². The lowest BCUT2D eigenvalue weighted by Gasteiger charge is -2.13. The molecule has 5 nitrogen and oxygen atoms in total. The summed E-state index contributed by atoms with van der Waals surface area (Å²) in [6.07, 6.45) is 0.857.